The van der Waals surface area contributed by atoms with Crippen molar-refractivity contribution in [3.05, 3.63) is 54.2 Å². The number of nitrogens with zero attached hydrogens (tertiary/aromatic N) is 1. The Balaban J connectivity index is 1.50. The molecule has 2 aromatic carbocycles. The molecule has 8 heteroatoms. The first-order valence-corrected chi connectivity index (χ1v) is 11.2. The average molecular weight is 450 g/mol. The highest BCUT2D eigenvalue weighted by atomic mass is 16.5. The minimum atomic E-state index is -0.303. The molecule has 174 valence electrons. The molecule has 0 spiro atoms. The number of benzene rings is 2. The lowest BCUT2D eigenvalue weighted by Crippen LogP contribution is -2.46. The summed E-state index contributed by atoms with van der Waals surface area (Å²) in [4.78, 5) is 20.4. The molecule has 0 bridgehead atoms. The van der Waals surface area contributed by atoms with Crippen molar-refractivity contribution in [2.45, 2.75) is 39.3 Å². The third-order valence-corrected chi connectivity index (χ3v) is 4.93. The first-order valence-electron chi connectivity index (χ1n) is 11.2. The Hall–Kier alpha value is -3.68. The van der Waals surface area contributed by atoms with Crippen LogP contribution in [0.2, 0.25) is 0 Å². The van der Waals surface area contributed by atoms with Crippen molar-refractivity contribution in [2.75, 3.05) is 25.1 Å². The Morgan fingerprint density at radius 3 is 2.64 bits per heavy atom. The lowest BCUT2D eigenvalue weighted by atomic mass is 10.1. The van der Waals surface area contributed by atoms with Crippen molar-refractivity contribution >= 4 is 28.5 Å². The fraction of sp³-hybridized carbons (Fsp3) is 0.360. The van der Waals surface area contributed by atoms with Crippen LogP contribution in [0.3, 0.4) is 0 Å². The molecule has 0 saturated carbocycles. The highest BCUT2D eigenvalue weighted by molar-refractivity contribution is 5.96. The van der Waals surface area contributed by atoms with E-state index in [0.717, 1.165) is 34.5 Å². The van der Waals surface area contributed by atoms with Gasteiger partial charge in [0.15, 0.2) is 17.5 Å². The van der Waals surface area contributed by atoms with Crippen LogP contribution in [0.5, 0.6) is 11.5 Å². The molecule has 33 heavy (non-hydrogen) atoms. The second-order valence-corrected chi connectivity index (χ2v) is 9.04. The summed E-state index contributed by atoms with van der Waals surface area (Å²) in [5.74, 6) is 1.80. The zero-order valence-corrected chi connectivity index (χ0v) is 19.3. The van der Waals surface area contributed by atoms with Crippen molar-refractivity contribution < 1.29 is 14.3 Å². The first-order chi connectivity index (χ1) is 15.9. The van der Waals surface area contributed by atoms with Gasteiger partial charge in [-0.2, -0.15) is 0 Å². The molecule has 2 heterocycles. The number of hydrogen-bond donors (Lipinski definition) is 4. The Morgan fingerprint density at radius 2 is 1.85 bits per heavy atom. The molecule has 0 aliphatic carbocycles. The number of para-hydroxylation sites is 1. The number of carbonyl (C=O) groups excluding carboxylic acids is 1. The molecule has 4 N–H and O–H groups in total. The molecule has 0 saturated heterocycles. The van der Waals surface area contributed by atoms with E-state index < -0.39 is 0 Å². The van der Waals surface area contributed by atoms with Crippen LogP contribution in [0, 0.1) is 0 Å². The van der Waals surface area contributed by atoms with Gasteiger partial charge in [-0.05, 0) is 50.4 Å². The number of hydrogen-bond acceptors (Lipinski definition) is 4. The molecule has 0 fully saturated rings. The quantitative estimate of drug-likeness (QED) is 0.351. The number of nitrogens with one attached hydrogen (secondary N) is 4. The summed E-state index contributed by atoms with van der Waals surface area (Å²) in [5, 5.41) is 10.5. The molecule has 0 atom stereocenters. The molecule has 0 radical (unpaired) electrons. The summed E-state index contributed by atoms with van der Waals surface area (Å²) < 4.78 is 11.5. The SMILES string of the molecule is CC(C)(C)NC(=O)CNC(=NCc1cc2ccccc2[nH]1)Nc1ccc2c(c1)OCCCO2. The lowest BCUT2D eigenvalue weighted by Gasteiger charge is -2.21. The van der Waals surface area contributed by atoms with E-state index in [2.05, 4.69) is 33.1 Å². The van der Waals surface area contributed by atoms with Crippen LogP contribution >= 0.6 is 0 Å². The number of fused-ring (bicyclic) bond motifs is 2. The summed E-state index contributed by atoms with van der Waals surface area (Å²) in [7, 11) is 0. The number of amides is 1. The van der Waals surface area contributed by atoms with Gasteiger partial charge in [0.25, 0.3) is 0 Å². The van der Waals surface area contributed by atoms with E-state index in [1.807, 2.05) is 57.2 Å². The molecule has 4 rings (SSSR count). The topological polar surface area (TPSA) is 99.8 Å². The minimum absolute atomic E-state index is 0.0976. The smallest absolute Gasteiger partial charge is 0.239 e. The van der Waals surface area contributed by atoms with Gasteiger partial charge in [-0.1, -0.05) is 18.2 Å². The Morgan fingerprint density at radius 1 is 1.06 bits per heavy atom. The van der Waals surface area contributed by atoms with Crippen molar-refractivity contribution in [1.82, 2.24) is 15.6 Å². The van der Waals surface area contributed by atoms with Gasteiger partial charge in [0.2, 0.25) is 5.91 Å². The van der Waals surface area contributed by atoms with Gasteiger partial charge in [0, 0.05) is 34.9 Å². The van der Waals surface area contributed by atoms with Crippen LogP contribution in [0.1, 0.15) is 32.9 Å². The van der Waals surface area contributed by atoms with E-state index >= 15 is 0 Å². The third kappa shape index (κ3) is 6.41. The van der Waals surface area contributed by atoms with E-state index in [9.17, 15) is 4.79 Å². The zero-order chi connectivity index (χ0) is 23.3. The van der Waals surface area contributed by atoms with Crippen molar-refractivity contribution in [1.29, 1.82) is 0 Å². The lowest BCUT2D eigenvalue weighted by molar-refractivity contribution is -0.121. The highest BCUT2D eigenvalue weighted by Gasteiger charge is 2.15. The van der Waals surface area contributed by atoms with E-state index in [4.69, 9.17) is 14.5 Å². The summed E-state index contributed by atoms with van der Waals surface area (Å²) in [6.07, 6.45) is 0.846. The van der Waals surface area contributed by atoms with Gasteiger partial charge in [-0.25, -0.2) is 4.99 Å². The molecule has 0 unspecified atom stereocenters. The van der Waals surface area contributed by atoms with Crippen molar-refractivity contribution in [2.24, 2.45) is 4.99 Å². The van der Waals surface area contributed by atoms with Crippen LogP contribution in [-0.4, -0.2) is 42.1 Å². The molecular weight excluding hydrogens is 418 g/mol. The number of aromatic nitrogens is 1. The molecule has 3 aromatic rings. The van der Waals surface area contributed by atoms with Gasteiger partial charge >= 0.3 is 0 Å². The van der Waals surface area contributed by atoms with Gasteiger partial charge in [0.1, 0.15) is 0 Å². The van der Waals surface area contributed by atoms with E-state index in [0.29, 0.717) is 31.5 Å². The third-order valence-electron chi connectivity index (χ3n) is 4.93. The molecule has 1 aliphatic rings. The molecule has 1 amide bonds. The monoisotopic (exact) mass is 449 g/mol. The second kappa shape index (κ2) is 9.85. The average Bonchev–Trinajstić information content (AvgIpc) is 3.04. The number of guanidine groups is 1. The minimum Gasteiger partial charge on any atom is -0.490 e. The number of H-pyrrole nitrogens is 1. The number of aromatic amines is 1. The van der Waals surface area contributed by atoms with Crippen molar-refractivity contribution in [3.63, 3.8) is 0 Å². The standard InChI is InChI=1S/C25H31N5O3/c1-25(2,3)30-23(31)16-27-24(26-15-19-13-17-7-4-5-8-20(17)28-19)29-18-9-10-21-22(14-18)33-12-6-11-32-21/h4-5,7-10,13-14,28H,6,11-12,15-16H2,1-3H3,(H,30,31)(H2,26,27,29). The number of aliphatic imine (C=N–C) groups is 1. The maximum atomic E-state index is 12.3. The summed E-state index contributed by atoms with van der Waals surface area (Å²) in [5.41, 5.74) is 2.54. The maximum absolute atomic E-state index is 12.3. The van der Waals surface area contributed by atoms with E-state index in [1.165, 1.54) is 0 Å². The van der Waals surface area contributed by atoms with Gasteiger partial charge < -0.3 is 30.4 Å². The van der Waals surface area contributed by atoms with Crippen LogP contribution in [0.15, 0.2) is 53.5 Å². The van der Waals surface area contributed by atoms with Crippen LogP contribution < -0.4 is 25.4 Å². The zero-order valence-electron chi connectivity index (χ0n) is 19.3. The first kappa shape index (κ1) is 22.5. The van der Waals surface area contributed by atoms with Gasteiger partial charge in [-0.15, -0.1) is 0 Å². The number of anilines is 1. The number of carbonyl (C=O) groups is 1. The molecule has 1 aromatic heterocycles. The van der Waals surface area contributed by atoms with Gasteiger partial charge in [0.05, 0.1) is 26.3 Å². The predicted octanol–water partition coefficient (Wildman–Crippen LogP) is 3.80. The van der Waals surface area contributed by atoms with Crippen LogP contribution in [0.4, 0.5) is 5.69 Å². The van der Waals surface area contributed by atoms with Crippen molar-refractivity contribution in [3.8, 4) is 11.5 Å². The largest absolute Gasteiger partial charge is 0.490 e. The fourth-order valence-corrected chi connectivity index (χ4v) is 3.53. The summed E-state index contributed by atoms with van der Waals surface area (Å²) in [6.45, 7) is 7.63. The second-order valence-electron chi connectivity index (χ2n) is 9.04. The predicted molar refractivity (Wildman–Crippen MR) is 131 cm³/mol. The number of rotatable bonds is 5. The fourth-order valence-electron chi connectivity index (χ4n) is 3.53. The Labute approximate surface area is 193 Å². The Bertz CT molecular complexity index is 1110. The van der Waals surface area contributed by atoms with Gasteiger partial charge in [-0.3, -0.25) is 4.79 Å². The molecule has 8 nitrogen and oxygen atoms in total. The summed E-state index contributed by atoms with van der Waals surface area (Å²) in [6, 6.07) is 15.9. The van der Waals surface area contributed by atoms with Crippen LogP contribution in [-0.2, 0) is 11.3 Å². The Kier molecular flexibility index (Phi) is 6.72. The number of ether oxygens (including phenoxy) is 2. The van der Waals surface area contributed by atoms with E-state index in [-0.39, 0.29) is 18.0 Å². The molecule has 1 aliphatic heterocycles. The highest BCUT2D eigenvalue weighted by Crippen LogP contribution is 2.32. The van der Waals surface area contributed by atoms with E-state index in [1.54, 1.807) is 0 Å². The van der Waals surface area contributed by atoms with Crippen LogP contribution in [0.25, 0.3) is 10.9 Å². The summed E-state index contributed by atoms with van der Waals surface area (Å²) >= 11 is 0. The normalized spacial score (nSPS) is 14.0. The maximum Gasteiger partial charge on any atom is 0.239 e. The molecular formula is C25H31N5O3.